The highest BCUT2D eigenvalue weighted by Crippen LogP contribution is 2.05. The van der Waals surface area contributed by atoms with Gasteiger partial charge in [0.05, 0.1) is 11.8 Å². The smallest absolute Gasteiger partial charge is 0.210 e. The van der Waals surface area contributed by atoms with E-state index >= 15 is 0 Å². The van der Waals surface area contributed by atoms with Crippen LogP contribution in [-0.4, -0.2) is 35.5 Å². The van der Waals surface area contributed by atoms with E-state index in [2.05, 4.69) is 15.5 Å². The molecule has 0 amide bonds. The minimum absolute atomic E-state index is 0.0563. The zero-order valence-corrected chi connectivity index (χ0v) is 9.53. The molecule has 0 saturated heterocycles. The summed E-state index contributed by atoms with van der Waals surface area (Å²) in [7, 11) is -1.58. The van der Waals surface area contributed by atoms with Gasteiger partial charge in [-0.3, -0.25) is 0 Å². The van der Waals surface area contributed by atoms with Crippen molar-refractivity contribution in [2.45, 2.75) is 13.0 Å². The summed E-state index contributed by atoms with van der Waals surface area (Å²) in [4.78, 5) is 0. The lowest BCUT2D eigenvalue weighted by Gasteiger charge is -2.11. The van der Waals surface area contributed by atoms with Gasteiger partial charge >= 0.3 is 0 Å². The first kappa shape index (κ1) is 12.1. The third kappa shape index (κ3) is 3.94. The molecule has 86 valence electrons. The average Bonchev–Trinajstić information content (AvgIpc) is 2.48. The fraction of sp³-hybridized carbons (Fsp3) is 0.714. The molecule has 7 nitrogen and oxygen atoms in total. The molecule has 0 bridgehead atoms. The van der Waals surface area contributed by atoms with Crippen molar-refractivity contribution in [3.63, 3.8) is 0 Å². The standard InChI is InChI=1S/C7H15N5O2S/c1-6(7-11-10-5-12(7)2)9-3-4-15(8,13)14/h5-6,9H,3-4H2,1-2H3,(H2,8,13,14). The molecule has 0 fully saturated rings. The first-order valence-electron chi connectivity index (χ1n) is 4.48. The van der Waals surface area contributed by atoms with E-state index < -0.39 is 10.0 Å². The Labute approximate surface area is 88.7 Å². The molecule has 1 unspecified atom stereocenters. The normalized spacial score (nSPS) is 14.1. The Kier molecular flexibility index (Phi) is 3.77. The monoisotopic (exact) mass is 233 g/mol. The summed E-state index contributed by atoms with van der Waals surface area (Å²) in [6.45, 7) is 2.18. The van der Waals surface area contributed by atoms with E-state index in [1.165, 1.54) is 0 Å². The molecule has 0 aliphatic rings. The number of nitrogens with two attached hydrogens (primary N) is 1. The molecular formula is C7H15N5O2S. The van der Waals surface area contributed by atoms with Crippen LogP contribution < -0.4 is 10.5 Å². The van der Waals surface area contributed by atoms with Crippen LogP contribution in [-0.2, 0) is 17.1 Å². The molecule has 1 aromatic heterocycles. The summed E-state index contributed by atoms with van der Waals surface area (Å²) in [6.07, 6.45) is 1.59. The average molecular weight is 233 g/mol. The van der Waals surface area contributed by atoms with Crippen LogP contribution in [0.4, 0.5) is 0 Å². The maximum absolute atomic E-state index is 10.7. The van der Waals surface area contributed by atoms with Crippen molar-refractivity contribution < 1.29 is 8.42 Å². The topological polar surface area (TPSA) is 103 Å². The van der Waals surface area contributed by atoms with Crippen LogP contribution >= 0.6 is 0 Å². The second-order valence-corrected chi connectivity index (χ2v) is 5.08. The van der Waals surface area contributed by atoms with Gasteiger partial charge in [0.25, 0.3) is 0 Å². The quantitative estimate of drug-likeness (QED) is 0.661. The molecule has 0 aliphatic heterocycles. The van der Waals surface area contributed by atoms with Crippen molar-refractivity contribution in [1.29, 1.82) is 0 Å². The zero-order chi connectivity index (χ0) is 11.5. The molecule has 1 atom stereocenters. The Morgan fingerprint density at radius 2 is 2.33 bits per heavy atom. The summed E-state index contributed by atoms with van der Waals surface area (Å²) in [5, 5.41) is 15.5. The van der Waals surface area contributed by atoms with Crippen molar-refractivity contribution in [3.8, 4) is 0 Å². The van der Waals surface area contributed by atoms with Crippen LogP contribution in [0.25, 0.3) is 0 Å². The number of sulfonamides is 1. The molecule has 1 heterocycles. The third-order valence-electron chi connectivity index (χ3n) is 1.97. The van der Waals surface area contributed by atoms with Gasteiger partial charge in [-0.2, -0.15) is 0 Å². The second kappa shape index (κ2) is 4.69. The summed E-state index contributed by atoms with van der Waals surface area (Å²) >= 11 is 0. The number of aromatic nitrogens is 3. The van der Waals surface area contributed by atoms with Gasteiger partial charge in [-0.15, -0.1) is 10.2 Å². The van der Waals surface area contributed by atoms with Crippen LogP contribution in [0, 0.1) is 0 Å². The summed E-state index contributed by atoms with van der Waals surface area (Å²) in [5.41, 5.74) is 0. The highest BCUT2D eigenvalue weighted by atomic mass is 32.2. The zero-order valence-electron chi connectivity index (χ0n) is 8.71. The Balaban J connectivity index is 2.44. The van der Waals surface area contributed by atoms with Crippen LogP contribution in [0.2, 0.25) is 0 Å². The molecule has 8 heteroatoms. The van der Waals surface area contributed by atoms with Gasteiger partial charge in [0.15, 0.2) is 0 Å². The van der Waals surface area contributed by atoms with E-state index in [1.54, 1.807) is 10.9 Å². The van der Waals surface area contributed by atoms with E-state index in [-0.39, 0.29) is 11.8 Å². The largest absolute Gasteiger partial charge is 0.319 e. The number of hydrogen-bond acceptors (Lipinski definition) is 5. The fourth-order valence-electron chi connectivity index (χ4n) is 1.19. The van der Waals surface area contributed by atoms with Gasteiger partial charge in [0, 0.05) is 13.6 Å². The molecule has 15 heavy (non-hydrogen) atoms. The first-order chi connectivity index (χ1) is 6.90. The number of primary sulfonamides is 1. The van der Waals surface area contributed by atoms with Crippen molar-refractivity contribution in [1.82, 2.24) is 20.1 Å². The van der Waals surface area contributed by atoms with Crippen LogP contribution in [0.1, 0.15) is 18.8 Å². The summed E-state index contributed by atoms with van der Waals surface area (Å²) in [6, 6.07) is -0.0563. The number of rotatable bonds is 5. The molecular weight excluding hydrogens is 218 g/mol. The third-order valence-corrected chi connectivity index (χ3v) is 2.74. The number of nitrogens with zero attached hydrogens (tertiary/aromatic N) is 3. The van der Waals surface area contributed by atoms with Crippen molar-refractivity contribution in [2.24, 2.45) is 12.2 Å². The fourth-order valence-corrected chi connectivity index (χ4v) is 1.60. The molecule has 3 N–H and O–H groups in total. The SMILES string of the molecule is CC(NCCS(N)(=O)=O)c1nncn1C. The Bertz CT molecular complexity index is 413. The van der Waals surface area contributed by atoms with Crippen molar-refractivity contribution in [3.05, 3.63) is 12.2 Å². The van der Waals surface area contributed by atoms with E-state index in [4.69, 9.17) is 5.14 Å². The van der Waals surface area contributed by atoms with Crippen LogP contribution in [0.3, 0.4) is 0 Å². The van der Waals surface area contributed by atoms with E-state index in [0.29, 0.717) is 6.54 Å². The van der Waals surface area contributed by atoms with Gasteiger partial charge in [-0.25, -0.2) is 13.6 Å². The highest BCUT2D eigenvalue weighted by Gasteiger charge is 2.11. The molecule has 0 aliphatic carbocycles. The maximum atomic E-state index is 10.7. The number of hydrogen-bond donors (Lipinski definition) is 2. The minimum atomic E-state index is -3.40. The first-order valence-corrected chi connectivity index (χ1v) is 6.19. The lowest BCUT2D eigenvalue weighted by atomic mass is 10.3. The minimum Gasteiger partial charge on any atom is -0.319 e. The molecule has 1 aromatic rings. The maximum Gasteiger partial charge on any atom is 0.210 e. The second-order valence-electron chi connectivity index (χ2n) is 3.34. The number of nitrogens with one attached hydrogen (secondary N) is 1. The van der Waals surface area contributed by atoms with Crippen molar-refractivity contribution >= 4 is 10.0 Å². The predicted octanol–water partition coefficient (Wildman–Crippen LogP) is -1.25. The Morgan fingerprint density at radius 1 is 1.67 bits per heavy atom. The predicted molar refractivity (Wildman–Crippen MR) is 55.4 cm³/mol. The van der Waals surface area contributed by atoms with Gasteiger partial charge < -0.3 is 9.88 Å². The van der Waals surface area contributed by atoms with E-state index in [0.717, 1.165) is 5.82 Å². The van der Waals surface area contributed by atoms with Gasteiger partial charge in [0.1, 0.15) is 12.2 Å². The molecule has 0 aromatic carbocycles. The summed E-state index contributed by atoms with van der Waals surface area (Å²) in [5.74, 6) is 0.666. The number of aryl methyl sites for hydroxylation is 1. The van der Waals surface area contributed by atoms with Gasteiger partial charge in [0.2, 0.25) is 10.0 Å². The van der Waals surface area contributed by atoms with Crippen molar-refractivity contribution in [2.75, 3.05) is 12.3 Å². The van der Waals surface area contributed by atoms with Gasteiger partial charge in [-0.05, 0) is 6.92 Å². The Hall–Kier alpha value is -0.990. The molecule has 0 spiro atoms. The molecule has 0 radical (unpaired) electrons. The van der Waals surface area contributed by atoms with Crippen LogP contribution in [0.15, 0.2) is 6.33 Å². The van der Waals surface area contributed by atoms with E-state index in [9.17, 15) is 8.42 Å². The molecule has 0 saturated carbocycles. The highest BCUT2D eigenvalue weighted by molar-refractivity contribution is 7.89. The molecule has 1 rings (SSSR count). The summed E-state index contributed by atoms with van der Waals surface area (Å²) < 4.78 is 23.1. The lowest BCUT2D eigenvalue weighted by molar-refractivity contribution is 0.539. The van der Waals surface area contributed by atoms with Gasteiger partial charge in [-0.1, -0.05) is 0 Å². The Morgan fingerprint density at radius 3 is 2.80 bits per heavy atom. The van der Waals surface area contributed by atoms with E-state index in [1.807, 2.05) is 14.0 Å². The lowest BCUT2D eigenvalue weighted by Crippen LogP contribution is -2.29. The van der Waals surface area contributed by atoms with Crippen LogP contribution in [0.5, 0.6) is 0 Å².